The number of fused-ring (bicyclic) bond motifs is 1. The van der Waals surface area contributed by atoms with Gasteiger partial charge in [0.2, 0.25) is 5.91 Å². The third-order valence-electron chi connectivity index (χ3n) is 6.48. The lowest BCUT2D eigenvalue weighted by atomic mass is 9.83. The number of likely N-dealkylation sites (tertiary alicyclic amines) is 2. The summed E-state index contributed by atoms with van der Waals surface area (Å²) in [5, 5.41) is 0. The van der Waals surface area contributed by atoms with Crippen LogP contribution in [0.1, 0.15) is 61.9 Å². The first-order valence-corrected chi connectivity index (χ1v) is 10.6. The molecular weight excluding hydrogens is 356 g/mol. The van der Waals surface area contributed by atoms with Crippen molar-refractivity contribution >= 4 is 11.8 Å². The summed E-state index contributed by atoms with van der Waals surface area (Å²) in [5.41, 5.74) is 1.51. The van der Waals surface area contributed by atoms with Gasteiger partial charge in [0, 0.05) is 38.2 Å². The maximum atomic E-state index is 12.8. The molecule has 2 fully saturated rings. The van der Waals surface area contributed by atoms with Crippen molar-refractivity contribution in [2.24, 2.45) is 5.92 Å². The third kappa shape index (κ3) is 3.96. The van der Waals surface area contributed by atoms with Gasteiger partial charge in [-0.25, -0.2) is 0 Å². The van der Waals surface area contributed by atoms with Crippen LogP contribution in [0.15, 0.2) is 28.2 Å². The smallest absolute Gasteiger partial charge is 0.289 e. The molecule has 28 heavy (non-hydrogen) atoms. The standard InChI is InChI=1S/C22H30N2O4/c1-27-21-10-8-19(28-21)22(26)23-13-12-18-17(15-23)7-9-20(25)24(18)14-11-16-5-3-2-4-6-16/h5,8,10,17-18H,2-4,6-7,9,11-15H2,1H3/t17-,18+/m0/s1. The van der Waals surface area contributed by atoms with Gasteiger partial charge in [-0.3, -0.25) is 9.59 Å². The molecule has 4 rings (SSSR count). The van der Waals surface area contributed by atoms with Crippen molar-refractivity contribution in [1.29, 1.82) is 0 Å². The molecule has 0 N–H and O–H groups in total. The van der Waals surface area contributed by atoms with Crippen LogP contribution in [0.3, 0.4) is 0 Å². The van der Waals surface area contributed by atoms with Crippen molar-refractivity contribution in [1.82, 2.24) is 9.80 Å². The SMILES string of the molecule is COc1ccc(C(=O)N2CC[C@@H]3[C@@H](CCC(=O)N3CCC3=CCCCC3)C2)o1. The van der Waals surface area contributed by atoms with Crippen molar-refractivity contribution in [3.63, 3.8) is 0 Å². The maximum absolute atomic E-state index is 12.8. The minimum Gasteiger partial charge on any atom is -0.468 e. The Morgan fingerprint density at radius 1 is 1.25 bits per heavy atom. The van der Waals surface area contributed by atoms with Crippen LogP contribution in [0.2, 0.25) is 0 Å². The van der Waals surface area contributed by atoms with Gasteiger partial charge in [0.1, 0.15) is 0 Å². The number of rotatable bonds is 5. The van der Waals surface area contributed by atoms with E-state index in [-0.39, 0.29) is 17.9 Å². The van der Waals surface area contributed by atoms with E-state index in [0.29, 0.717) is 37.1 Å². The molecule has 2 atom stereocenters. The van der Waals surface area contributed by atoms with Crippen LogP contribution in [0, 0.1) is 5.92 Å². The lowest BCUT2D eigenvalue weighted by molar-refractivity contribution is -0.140. The van der Waals surface area contributed by atoms with Gasteiger partial charge < -0.3 is 19.0 Å². The highest BCUT2D eigenvalue weighted by Gasteiger charge is 2.40. The number of carbonyl (C=O) groups is 2. The van der Waals surface area contributed by atoms with E-state index in [1.807, 2.05) is 4.90 Å². The molecule has 6 nitrogen and oxygen atoms in total. The topological polar surface area (TPSA) is 63.0 Å². The number of furan rings is 1. The van der Waals surface area contributed by atoms with E-state index in [0.717, 1.165) is 25.8 Å². The lowest BCUT2D eigenvalue weighted by Gasteiger charge is -2.47. The van der Waals surface area contributed by atoms with E-state index < -0.39 is 0 Å². The van der Waals surface area contributed by atoms with E-state index in [2.05, 4.69) is 11.0 Å². The molecule has 6 heteroatoms. The molecule has 2 aliphatic heterocycles. The Bertz CT molecular complexity index is 753. The summed E-state index contributed by atoms with van der Waals surface area (Å²) in [5.74, 6) is 1.23. The molecule has 1 aliphatic carbocycles. The van der Waals surface area contributed by atoms with Gasteiger partial charge in [0.25, 0.3) is 11.9 Å². The zero-order valence-corrected chi connectivity index (χ0v) is 16.7. The zero-order valence-electron chi connectivity index (χ0n) is 16.7. The summed E-state index contributed by atoms with van der Waals surface area (Å²) in [4.78, 5) is 29.3. The van der Waals surface area contributed by atoms with Crippen LogP contribution in [0.4, 0.5) is 0 Å². The van der Waals surface area contributed by atoms with E-state index in [1.165, 1.54) is 38.4 Å². The minimum atomic E-state index is -0.0856. The second-order valence-corrected chi connectivity index (χ2v) is 8.17. The molecule has 152 valence electrons. The Morgan fingerprint density at radius 3 is 2.89 bits per heavy atom. The largest absolute Gasteiger partial charge is 0.468 e. The van der Waals surface area contributed by atoms with Crippen LogP contribution in [0.25, 0.3) is 0 Å². The number of piperidine rings is 2. The summed E-state index contributed by atoms with van der Waals surface area (Å²) in [7, 11) is 1.52. The number of hydrogen-bond acceptors (Lipinski definition) is 4. The first-order valence-electron chi connectivity index (χ1n) is 10.6. The summed E-state index contributed by atoms with van der Waals surface area (Å²) < 4.78 is 10.5. The highest BCUT2D eigenvalue weighted by atomic mass is 16.6. The number of hydrogen-bond donors (Lipinski definition) is 0. The van der Waals surface area contributed by atoms with Crippen LogP contribution in [0.5, 0.6) is 5.95 Å². The van der Waals surface area contributed by atoms with Crippen LogP contribution in [-0.2, 0) is 4.79 Å². The number of amides is 2. The molecule has 2 saturated heterocycles. The predicted molar refractivity (Wildman–Crippen MR) is 105 cm³/mol. The van der Waals surface area contributed by atoms with Gasteiger partial charge in [0.15, 0.2) is 5.76 Å². The van der Waals surface area contributed by atoms with Gasteiger partial charge >= 0.3 is 0 Å². The average Bonchev–Trinajstić information content (AvgIpc) is 3.22. The van der Waals surface area contributed by atoms with Crippen molar-refractivity contribution in [2.75, 3.05) is 26.7 Å². The van der Waals surface area contributed by atoms with E-state index in [1.54, 1.807) is 12.1 Å². The Morgan fingerprint density at radius 2 is 2.14 bits per heavy atom. The van der Waals surface area contributed by atoms with Gasteiger partial charge in [-0.2, -0.15) is 0 Å². The first kappa shape index (κ1) is 19.1. The molecule has 0 radical (unpaired) electrons. The number of nitrogens with zero attached hydrogens (tertiary/aromatic N) is 2. The Balaban J connectivity index is 1.38. The first-order chi connectivity index (χ1) is 13.7. The summed E-state index contributed by atoms with van der Waals surface area (Å²) in [6, 6.07) is 3.60. The monoisotopic (exact) mass is 386 g/mol. The second kappa shape index (κ2) is 8.41. The fourth-order valence-electron chi connectivity index (χ4n) is 4.92. The van der Waals surface area contributed by atoms with E-state index in [4.69, 9.17) is 9.15 Å². The normalized spacial score (nSPS) is 25.3. The molecule has 1 aromatic rings. The molecule has 0 unspecified atom stereocenters. The number of carbonyl (C=O) groups excluding carboxylic acids is 2. The highest BCUT2D eigenvalue weighted by molar-refractivity contribution is 5.91. The quantitative estimate of drug-likeness (QED) is 0.725. The molecule has 0 bridgehead atoms. The van der Waals surface area contributed by atoms with Crippen molar-refractivity contribution in [3.8, 4) is 5.95 Å². The Labute approximate surface area is 166 Å². The number of ether oxygens (including phenoxy) is 1. The van der Waals surface area contributed by atoms with Gasteiger partial charge in [0.05, 0.1) is 7.11 Å². The van der Waals surface area contributed by atoms with Crippen molar-refractivity contribution in [2.45, 2.75) is 57.4 Å². The van der Waals surface area contributed by atoms with Crippen LogP contribution < -0.4 is 4.74 Å². The molecule has 3 aliphatic rings. The molecule has 0 aromatic carbocycles. The molecule has 0 spiro atoms. The third-order valence-corrected chi connectivity index (χ3v) is 6.48. The summed E-state index contributed by atoms with van der Waals surface area (Å²) >= 11 is 0. The minimum absolute atomic E-state index is 0.0856. The second-order valence-electron chi connectivity index (χ2n) is 8.17. The van der Waals surface area contributed by atoms with Crippen LogP contribution >= 0.6 is 0 Å². The molecule has 2 amide bonds. The maximum Gasteiger partial charge on any atom is 0.289 e. The molecule has 3 heterocycles. The fraction of sp³-hybridized carbons (Fsp3) is 0.636. The van der Waals surface area contributed by atoms with E-state index in [9.17, 15) is 9.59 Å². The van der Waals surface area contributed by atoms with E-state index >= 15 is 0 Å². The van der Waals surface area contributed by atoms with Gasteiger partial charge in [-0.05, 0) is 56.9 Å². The summed E-state index contributed by atoms with van der Waals surface area (Å²) in [6.07, 6.45) is 10.6. The fourth-order valence-corrected chi connectivity index (χ4v) is 4.92. The van der Waals surface area contributed by atoms with Gasteiger partial charge in [-0.15, -0.1) is 0 Å². The average molecular weight is 386 g/mol. The molecule has 1 aromatic heterocycles. The van der Waals surface area contributed by atoms with Crippen molar-refractivity contribution < 1.29 is 18.7 Å². The lowest BCUT2D eigenvalue weighted by Crippen LogP contribution is -2.57. The van der Waals surface area contributed by atoms with Gasteiger partial charge in [-0.1, -0.05) is 11.6 Å². The Hall–Kier alpha value is -2.24. The van der Waals surface area contributed by atoms with Crippen molar-refractivity contribution in [3.05, 3.63) is 29.5 Å². The highest BCUT2D eigenvalue weighted by Crippen LogP contribution is 2.33. The van der Waals surface area contributed by atoms with Crippen LogP contribution in [-0.4, -0.2) is 54.4 Å². The molecule has 0 saturated carbocycles. The number of methoxy groups -OCH3 is 1. The zero-order chi connectivity index (χ0) is 19.5. The predicted octanol–water partition coefficient (Wildman–Crippen LogP) is 3.63. The molecular formula is C22H30N2O4. The number of allylic oxidation sites excluding steroid dienone is 1. The Kier molecular flexibility index (Phi) is 5.74. The summed E-state index contributed by atoms with van der Waals surface area (Å²) in [6.45, 7) is 2.18.